The van der Waals surface area contributed by atoms with Crippen LogP contribution in [0.25, 0.3) is 0 Å². The van der Waals surface area contributed by atoms with Gasteiger partial charge in [-0.15, -0.1) is 0 Å². The molecule has 1 amide bonds. The lowest BCUT2D eigenvalue weighted by Crippen LogP contribution is -2.53. The first-order valence-electron chi connectivity index (χ1n) is 11.5. The second-order valence-electron chi connectivity index (χ2n) is 8.78. The van der Waals surface area contributed by atoms with E-state index < -0.39 is 11.7 Å². The number of rotatable bonds is 5. The minimum Gasteiger partial charge on any atom is -0.368 e. The molecule has 34 heavy (non-hydrogen) atoms. The van der Waals surface area contributed by atoms with Gasteiger partial charge in [0.2, 0.25) is 5.91 Å². The number of hydrogen-bond acceptors (Lipinski definition) is 5. The quantitative estimate of drug-likeness (QED) is 0.671. The van der Waals surface area contributed by atoms with Gasteiger partial charge in [0.25, 0.3) is 0 Å². The third kappa shape index (κ3) is 6.07. The number of piperazine rings is 2. The highest BCUT2D eigenvalue weighted by Gasteiger charge is 2.31. The summed E-state index contributed by atoms with van der Waals surface area (Å²) in [6.45, 7) is 6.61. The second-order valence-corrected chi connectivity index (χ2v) is 8.78. The number of nitrogens with zero attached hydrogens (tertiary/aromatic N) is 5. The number of anilines is 1. The van der Waals surface area contributed by atoms with Gasteiger partial charge < -0.3 is 9.80 Å². The Bertz CT molecular complexity index is 1020. The Morgan fingerprint density at radius 1 is 0.882 bits per heavy atom. The zero-order chi connectivity index (χ0) is 24.1. The molecule has 9 heteroatoms. The number of benzene rings is 2. The smallest absolute Gasteiger partial charge is 0.368 e. The largest absolute Gasteiger partial charge is 0.416 e. The van der Waals surface area contributed by atoms with Crippen molar-refractivity contribution in [2.45, 2.75) is 12.7 Å². The molecule has 2 fully saturated rings. The van der Waals surface area contributed by atoms with Crippen molar-refractivity contribution in [3.8, 4) is 6.07 Å². The maximum Gasteiger partial charge on any atom is 0.416 e. The molecule has 0 radical (unpaired) electrons. The van der Waals surface area contributed by atoms with E-state index >= 15 is 0 Å². The predicted molar refractivity (Wildman–Crippen MR) is 123 cm³/mol. The Hall–Kier alpha value is -3.09. The van der Waals surface area contributed by atoms with E-state index in [1.165, 1.54) is 17.7 Å². The summed E-state index contributed by atoms with van der Waals surface area (Å²) in [4.78, 5) is 21.0. The summed E-state index contributed by atoms with van der Waals surface area (Å²) in [7, 11) is 0. The molecule has 2 aliphatic heterocycles. The average molecular weight is 472 g/mol. The number of amides is 1. The molecule has 2 aromatic rings. The van der Waals surface area contributed by atoms with Gasteiger partial charge in [-0.1, -0.05) is 18.2 Å². The number of alkyl halides is 3. The molecule has 2 heterocycles. The van der Waals surface area contributed by atoms with Crippen LogP contribution in [0.1, 0.15) is 16.7 Å². The molecule has 0 aromatic heterocycles. The van der Waals surface area contributed by atoms with Crippen LogP contribution in [0.2, 0.25) is 0 Å². The van der Waals surface area contributed by atoms with Crippen LogP contribution in [0.4, 0.5) is 18.9 Å². The van der Waals surface area contributed by atoms with Gasteiger partial charge in [0, 0.05) is 64.6 Å². The Labute approximate surface area is 197 Å². The van der Waals surface area contributed by atoms with E-state index in [2.05, 4.69) is 15.9 Å². The van der Waals surface area contributed by atoms with Crippen molar-refractivity contribution in [2.24, 2.45) is 0 Å². The van der Waals surface area contributed by atoms with Crippen LogP contribution in [0.3, 0.4) is 0 Å². The number of carbonyl (C=O) groups is 1. The van der Waals surface area contributed by atoms with Crippen LogP contribution in [0, 0.1) is 11.3 Å². The SMILES string of the molecule is N#Cc1ccc(CN2CCN(CC(=O)N3CCN(c4cccc(C(F)(F)F)c4)CC3)CC2)cc1. The van der Waals surface area contributed by atoms with Crippen LogP contribution < -0.4 is 4.90 Å². The molecule has 0 atom stereocenters. The fourth-order valence-electron chi connectivity index (χ4n) is 4.43. The molecule has 0 saturated carbocycles. The summed E-state index contributed by atoms with van der Waals surface area (Å²) in [6.07, 6.45) is -4.36. The molecule has 0 spiro atoms. The Morgan fingerprint density at radius 3 is 2.15 bits per heavy atom. The van der Waals surface area contributed by atoms with Gasteiger partial charge in [0.1, 0.15) is 0 Å². The zero-order valence-corrected chi connectivity index (χ0v) is 19.0. The summed E-state index contributed by atoms with van der Waals surface area (Å²) in [5.41, 5.74) is 1.71. The van der Waals surface area contributed by atoms with Gasteiger partial charge >= 0.3 is 6.18 Å². The predicted octanol–water partition coefficient (Wildman–Crippen LogP) is 3.04. The maximum absolute atomic E-state index is 13.0. The minimum atomic E-state index is -4.36. The van der Waals surface area contributed by atoms with Crippen LogP contribution in [-0.4, -0.2) is 79.5 Å². The van der Waals surface area contributed by atoms with Crippen molar-refractivity contribution in [1.82, 2.24) is 14.7 Å². The molecule has 2 saturated heterocycles. The van der Waals surface area contributed by atoms with Crippen molar-refractivity contribution in [3.63, 3.8) is 0 Å². The number of halogens is 3. The molecular weight excluding hydrogens is 443 g/mol. The van der Waals surface area contributed by atoms with Crippen molar-refractivity contribution in [2.75, 3.05) is 63.8 Å². The van der Waals surface area contributed by atoms with Gasteiger partial charge in [-0.2, -0.15) is 18.4 Å². The van der Waals surface area contributed by atoms with Gasteiger partial charge in [-0.25, -0.2) is 0 Å². The number of nitriles is 1. The summed E-state index contributed by atoms with van der Waals surface area (Å²) in [6, 6.07) is 15.1. The van der Waals surface area contributed by atoms with E-state index in [4.69, 9.17) is 5.26 Å². The molecule has 0 unspecified atom stereocenters. The Balaban J connectivity index is 1.21. The third-order valence-corrected chi connectivity index (χ3v) is 6.48. The van der Waals surface area contributed by atoms with Crippen molar-refractivity contribution in [3.05, 3.63) is 65.2 Å². The molecule has 2 aliphatic rings. The lowest BCUT2D eigenvalue weighted by Gasteiger charge is -2.38. The first-order chi connectivity index (χ1) is 16.3. The molecule has 0 aliphatic carbocycles. The van der Waals surface area contributed by atoms with Crippen LogP contribution in [0.15, 0.2) is 48.5 Å². The van der Waals surface area contributed by atoms with E-state index in [0.29, 0.717) is 44.0 Å². The average Bonchev–Trinajstić information content (AvgIpc) is 2.85. The fourth-order valence-corrected chi connectivity index (χ4v) is 4.43. The Kier molecular flexibility index (Phi) is 7.39. The molecule has 2 aromatic carbocycles. The van der Waals surface area contributed by atoms with Crippen molar-refractivity contribution >= 4 is 11.6 Å². The van der Waals surface area contributed by atoms with Gasteiger partial charge in [-0.3, -0.25) is 14.6 Å². The fraction of sp³-hybridized carbons (Fsp3) is 0.440. The lowest BCUT2D eigenvalue weighted by molar-refractivity contribution is -0.137. The van der Waals surface area contributed by atoms with Crippen LogP contribution in [0.5, 0.6) is 0 Å². The number of hydrogen-bond donors (Lipinski definition) is 0. The topological polar surface area (TPSA) is 53.8 Å². The maximum atomic E-state index is 13.0. The standard InChI is InChI=1S/C25H28F3N5O/c26-25(27,28)22-2-1-3-23(16-22)32-12-14-33(15-13-32)24(34)19-31-10-8-30(9-11-31)18-21-6-4-20(17-29)5-7-21/h1-7,16H,8-15,18-19H2. The van der Waals surface area contributed by atoms with Crippen LogP contribution in [-0.2, 0) is 17.5 Å². The summed E-state index contributed by atoms with van der Waals surface area (Å²) < 4.78 is 39.0. The van der Waals surface area contributed by atoms with Crippen molar-refractivity contribution < 1.29 is 18.0 Å². The number of carbonyl (C=O) groups excluding carboxylic acids is 1. The highest BCUT2D eigenvalue weighted by Crippen LogP contribution is 2.31. The highest BCUT2D eigenvalue weighted by atomic mass is 19.4. The molecule has 0 N–H and O–H groups in total. The van der Waals surface area contributed by atoms with E-state index in [1.807, 2.05) is 34.1 Å². The summed E-state index contributed by atoms with van der Waals surface area (Å²) >= 11 is 0. The first-order valence-corrected chi connectivity index (χ1v) is 11.5. The molecule has 0 bridgehead atoms. The van der Waals surface area contributed by atoms with E-state index in [-0.39, 0.29) is 5.91 Å². The lowest BCUT2D eigenvalue weighted by atomic mass is 10.1. The van der Waals surface area contributed by atoms with Gasteiger partial charge in [0.15, 0.2) is 0 Å². The molecule has 6 nitrogen and oxygen atoms in total. The van der Waals surface area contributed by atoms with Crippen molar-refractivity contribution in [1.29, 1.82) is 5.26 Å². The Morgan fingerprint density at radius 2 is 1.53 bits per heavy atom. The molecule has 4 rings (SSSR count). The normalized spacial score (nSPS) is 18.1. The summed E-state index contributed by atoms with van der Waals surface area (Å²) in [5.74, 6) is 0.0734. The molecular formula is C25H28F3N5O. The molecule has 180 valence electrons. The van der Waals surface area contributed by atoms with E-state index in [9.17, 15) is 18.0 Å². The third-order valence-electron chi connectivity index (χ3n) is 6.48. The first kappa shape index (κ1) is 24.0. The highest BCUT2D eigenvalue weighted by molar-refractivity contribution is 5.78. The van der Waals surface area contributed by atoms with Crippen LogP contribution >= 0.6 is 0 Å². The second kappa shape index (κ2) is 10.5. The van der Waals surface area contributed by atoms with E-state index in [1.54, 1.807) is 6.07 Å². The van der Waals surface area contributed by atoms with Gasteiger partial charge in [-0.05, 0) is 35.9 Å². The van der Waals surface area contributed by atoms with E-state index in [0.717, 1.165) is 38.8 Å². The zero-order valence-electron chi connectivity index (χ0n) is 19.0. The monoisotopic (exact) mass is 471 g/mol. The summed E-state index contributed by atoms with van der Waals surface area (Å²) in [5, 5.41) is 8.91. The van der Waals surface area contributed by atoms with Gasteiger partial charge in [0.05, 0.1) is 23.7 Å². The minimum absolute atomic E-state index is 0.0734.